The summed E-state index contributed by atoms with van der Waals surface area (Å²) in [4.78, 5) is 1.78. The molecule has 1 aliphatic heterocycles. The zero-order chi connectivity index (χ0) is 19.1. The average Bonchev–Trinajstić information content (AvgIpc) is 3.17. The van der Waals surface area contributed by atoms with Crippen LogP contribution in [0.15, 0.2) is 29.2 Å². The average molecular weight is 380 g/mol. The Morgan fingerprint density at radius 1 is 1.31 bits per heavy atom. The molecular weight excluding hydrogens is 355 g/mol. The van der Waals surface area contributed by atoms with Crippen LogP contribution >= 0.6 is 0 Å². The lowest BCUT2D eigenvalue weighted by atomic mass is 10.1. The predicted octanol–water partition coefficient (Wildman–Crippen LogP) is 2.46. The summed E-state index contributed by atoms with van der Waals surface area (Å²) < 4.78 is 43.6. The Bertz CT molecular complexity index is 908. The molecule has 2 aromatic rings. The Labute approximate surface area is 154 Å². The molecule has 0 spiro atoms. The van der Waals surface area contributed by atoms with Crippen molar-refractivity contribution in [3.63, 3.8) is 0 Å². The third-order valence-electron chi connectivity index (χ3n) is 4.69. The van der Waals surface area contributed by atoms with E-state index < -0.39 is 15.8 Å². The van der Waals surface area contributed by atoms with Gasteiger partial charge in [-0.15, -0.1) is 0 Å². The van der Waals surface area contributed by atoms with E-state index in [1.807, 2.05) is 32.1 Å². The van der Waals surface area contributed by atoms with Crippen molar-refractivity contribution < 1.29 is 12.8 Å². The molecule has 0 amide bonds. The van der Waals surface area contributed by atoms with Crippen LogP contribution in [0.4, 0.5) is 4.39 Å². The molecule has 1 fully saturated rings. The smallest absolute Gasteiger partial charge is 0.246 e. The summed E-state index contributed by atoms with van der Waals surface area (Å²) in [6, 6.07) is 5.77. The first kappa shape index (κ1) is 19.0. The predicted molar refractivity (Wildman–Crippen MR) is 97.6 cm³/mol. The number of hydrogen-bond acceptors (Lipinski definition) is 4. The van der Waals surface area contributed by atoms with Gasteiger partial charge in [0.05, 0.1) is 17.4 Å². The highest BCUT2D eigenvalue weighted by Gasteiger charge is 2.39. The molecule has 8 heteroatoms. The maximum Gasteiger partial charge on any atom is 0.246 e. The Morgan fingerprint density at radius 3 is 2.73 bits per heavy atom. The van der Waals surface area contributed by atoms with Gasteiger partial charge in [0.25, 0.3) is 0 Å². The van der Waals surface area contributed by atoms with Crippen LogP contribution < -0.4 is 0 Å². The van der Waals surface area contributed by atoms with Crippen molar-refractivity contribution in [1.82, 2.24) is 19.0 Å². The van der Waals surface area contributed by atoms with Crippen molar-refractivity contribution in [2.24, 2.45) is 7.05 Å². The molecule has 26 heavy (non-hydrogen) atoms. The summed E-state index contributed by atoms with van der Waals surface area (Å²) in [6.45, 7) is 2.85. The Kier molecular flexibility index (Phi) is 5.18. The number of hydrogen-bond donors (Lipinski definition) is 0. The van der Waals surface area contributed by atoms with E-state index in [1.165, 1.54) is 16.4 Å². The van der Waals surface area contributed by atoms with E-state index in [0.717, 1.165) is 24.4 Å². The van der Waals surface area contributed by atoms with Crippen molar-refractivity contribution in [2.45, 2.75) is 37.2 Å². The van der Waals surface area contributed by atoms with Gasteiger partial charge < -0.3 is 4.90 Å². The fourth-order valence-electron chi connectivity index (χ4n) is 3.42. The van der Waals surface area contributed by atoms with E-state index in [4.69, 9.17) is 0 Å². The first-order valence-corrected chi connectivity index (χ1v) is 10.1. The number of aromatic nitrogens is 2. The highest BCUT2D eigenvalue weighted by Crippen LogP contribution is 2.37. The molecule has 0 N–H and O–H groups in total. The second kappa shape index (κ2) is 7.09. The molecule has 1 atom stereocenters. The van der Waals surface area contributed by atoms with Gasteiger partial charge in [0, 0.05) is 20.1 Å². The number of halogens is 1. The molecule has 1 aromatic heterocycles. The molecule has 142 valence electrons. The van der Waals surface area contributed by atoms with Crippen LogP contribution in [0.3, 0.4) is 0 Å². The van der Waals surface area contributed by atoms with E-state index in [-0.39, 0.29) is 10.9 Å². The quantitative estimate of drug-likeness (QED) is 0.800. The summed E-state index contributed by atoms with van der Waals surface area (Å²) >= 11 is 0. The van der Waals surface area contributed by atoms with E-state index >= 15 is 0 Å². The molecular formula is C18H25FN4O2S. The largest absolute Gasteiger partial charge is 0.304 e. The number of nitrogens with zero attached hydrogens (tertiary/aromatic N) is 4. The van der Waals surface area contributed by atoms with Crippen LogP contribution in [-0.4, -0.2) is 48.0 Å². The highest BCUT2D eigenvalue weighted by atomic mass is 32.2. The SMILES string of the molecule is Cc1ccc(F)c(S(=O)(=O)N2CCC[C@H]2c2cc(CN(C)C)n(C)n2)c1. The van der Waals surface area contributed by atoms with Gasteiger partial charge in [-0.1, -0.05) is 6.07 Å². The van der Waals surface area contributed by atoms with Crippen molar-refractivity contribution in [2.75, 3.05) is 20.6 Å². The van der Waals surface area contributed by atoms with Gasteiger partial charge in [0.1, 0.15) is 10.7 Å². The monoisotopic (exact) mass is 380 g/mol. The minimum absolute atomic E-state index is 0.256. The molecule has 0 unspecified atom stereocenters. The van der Waals surface area contributed by atoms with Crippen LogP contribution in [-0.2, 0) is 23.6 Å². The molecule has 0 saturated carbocycles. The standard InChI is InChI=1S/C18H25FN4O2S/c1-13-7-8-15(19)18(10-13)26(24,25)23-9-5-6-17(23)16-11-14(12-21(2)3)22(4)20-16/h7-8,10-11,17H,5-6,9,12H2,1-4H3/t17-/m0/s1. The van der Waals surface area contributed by atoms with Crippen molar-refractivity contribution >= 4 is 10.0 Å². The summed E-state index contributed by atoms with van der Waals surface area (Å²) in [5.74, 6) is -0.712. The molecule has 6 nitrogen and oxygen atoms in total. The van der Waals surface area contributed by atoms with E-state index in [9.17, 15) is 12.8 Å². The molecule has 2 heterocycles. The minimum Gasteiger partial charge on any atom is -0.304 e. The van der Waals surface area contributed by atoms with Crippen molar-refractivity contribution in [3.8, 4) is 0 Å². The summed E-state index contributed by atoms with van der Waals surface area (Å²) in [5.41, 5.74) is 2.45. The van der Waals surface area contributed by atoms with Crippen molar-refractivity contribution in [1.29, 1.82) is 0 Å². The topological polar surface area (TPSA) is 58.4 Å². The molecule has 1 aromatic carbocycles. The highest BCUT2D eigenvalue weighted by molar-refractivity contribution is 7.89. The van der Waals surface area contributed by atoms with Gasteiger partial charge >= 0.3 is 0 Å². The second-order valence-corrected chi connectivity index (χ2v) is 8.99. The maximum atomic E-state index is 14.2. The zero-order valence-electron chi connectivity index (χ0n) is 15.6. The molecule has 1 aliphatic rings. The molecule has 3 rings (SSSR count). The fraction of sp³-hybridized carbons (Fsp3) is 0.500. The lowest BCUT2D eigenvalue weighted by molar-refractivity contribution is 0.383. The molecule has 0 aliphatic carbocycles. The maximum absolute atomic E-state index is 14.2. The third-order valence-corrected chi connectivity index (χ3v) is 6.62. The number of aryl methyl sites for hydroxylation is 2. The summed E-state index contributed by atoms with van der Waals surface area (Å²) in [5, 5.41) is 4.53. The van der Waals surface area contributed by atoms with Gasteiger partial charge in [-0.25, -0.2) is 12.8 Å². The number of rotatable bonds is 5. The Balaban J connectivity index is 1.97. The second-order valence-electron chi connectivity index (χ2n) is 7.13. The zero-order valence-corrected chi connectivity index (χ0v) is 16.4. The molecule has 0 bridgehead atoms. The first-order chi connectivity index (χ1) is 12.2. The first-order valence-electron chi connectivity index (χ1n) is 8.65. The third kappa shape index (κ3) is 3.54. The van der Waals surface area contributed by atoms with Crippen LogP contribution in [0.1, 0.15) is 35.8 Å². The number of sulfonamides is 1. The van der Waals surface area contributed by atoms with Crippen molar-refractivity contribution in [3.05, 3.63) is 47.0 Å². The van der Waals surface area contributed by atoms with Gasteiger partial charge in [0.2, 0.25) is 10.0 Å². The summed E-state index contributed by atoms with van der Waals surface area (Å²) in [6.07, 6.45) is 1.42. The van der Waals surface area contributed by atoms with Crippen LogP contribution in [0.2, 0.25) is 0 Å². The van der Waals surface area contributed by atoms with E-state index in [1.54, 1.807) is 17.7 Å². The minimum atomic E-state index is -3.92. The van der Waals surface area contributed by atoms with E-state index in [2.05, 4.69) is 5.10 Å². The van der Waals surface area contributed by atoms with Gasteiger partial charge in [0.15, 0.2) is 0 Å². The Morgan fingerprint density at radius 2 is 2.04 bits per heavy atom. The fourth-order valence-corrected chi connectivity index (χ4v) is 5.24. The normalized spacial score (nSPS) is 18.8. The molecule has 0 radical (unpaired) electrons. The molecule has 1 saturated heterocycles. The van der Waals surface area contributed by atoms with Crippen LogP contribution in [0.5, 0.6) is 0 Å². The lowest BCUT2D eigenvalue weighted by Gasteiger charge is -2.23. The van der Waals surface area contributed by atoms with Crippen LogP contribution in [0, 0.1) is 12.7 Å². The van der Waals surface area contributed by atoms with Gasteiger partial charge in [-0.05, 0) is 57.6 Å². The van der Waals surface area contributed by atoms with E-state index in [0.29, 0.717) is 18.5 Å². The van der Waals surface area contributed by atoms with Gasteiger partial charge in [-0.2, -0.15) is 9.40 Å². The Hall–Kier alpha value is -1.77. The summed E-state index contributed by atoms with van der Waals surface area (Å²) in [7, 11) is 1.88. The lowest BCUT2D eigenvalue weighted by Crippen LogP contribution is -2.31. The van der Waals surface area contributed by atoms with Crippen LogP contribution in [0.25, 0.3) is 0 Å². The number of benzene rings is 1. The van der Waals surface area contributed by atoms with Gasteiger partial charge in [-0.3, -0.25) is 4.68 Å².